The monoisotopic (exact) mass is 377 g/mol. The average Bonchev–Trinajstić information content (AvgIpc) is 3.16. The maximum Gasteiger partial charge on any atom is 0.494 e. The van der Waals surface area contributed by atoms with Gasteiger partial charge in [0.25, 0.3) is 6.43 Å². The molecule has 5 nitrogen and oxygen atoms in total. The first kappa shape index (κ1) is 20.0. The van der Waals surface area contributed by atoms with Crippen molar-refractivity contribution >= 4 is 12.6 Å². The summed E-state index contributed by atoms with van der Waals surface area (Å²) in [6, 6.07) is 7.59. The molecule has 1 saturated heterocycles. The molecule has 0 spiro atoms. The Bertz CT molecular complexity index is 762. The number of benzene rings is 1. The summed E-state index contributed by atoms with van der Waals surface area (Å²) < 4.78 is 36.8. The lowest BCUT2D eigenvalue weighted by molar-refractivity contribution is 0.00578. The second kappa shape index (κ2) is 7.33. The van der Waals surface area contributed by atoms with Crippen LogP contribution < -0.4 is 10.8 Å². The summed E-state index contributed by atoms with van der Waals surface area (Å²) in [5, 5.41) is 2.75. The summed E-state index contributed by atoms with van der Waals surface area (Å²) in [4.78, 5) is 7.48. The van der Waals surface area contributed by atoms with Gasteiger partial charge in [-0.25, -0.2) is 13.8 Å². The van der Waals surface area contributed by atoms with Gasteiger partial charge < -0.3 is 19.6 Å². The fraction of sp³-hybridized carbons (Fsp3) is 0.526. The SMILES string of the molecule is CC(NCC(F)F)c1ncc(-c2ccc(B3OC(C)(C)C(C)(C)O3)cc2)[nH]1. The van der Waals surface area contributed by atoms with E-state index < -0.39 is 13.5 Å². The minimum absolute atomic E-state index is 0.281. The lowest BCUT2D eigenvalue weighted by Gasteiger charge is -2.32. The van der Waals surface area contributed by atoms with Crippen LogP contribution in [0.2, 0.25) is 0 Å². The topological polar surface area (TPSA) is 59.2 Å². The highest BCUT2D eigenvalue weighted by Gasteiger charge is 2.51. The summed E-state index contributed by atoms with van der Waals surface area (Å²) in [6.45, 7) is 9.54. The number of alkyl halides is 2. The number of halogens is 2. The van der Waals surface area contributed by atoms with E-state index in [0.717, 1.165) is 16.7 Å². The summed E-state index contributed by atoms with van der Waals surface area (Å²) in [5.74, 6) is 0.626. The molecule has 2 N–H and O–H groups in total. The molecule has 2 heterocycles. The summed E-state index contributed by atoms with van der Waals surface area (Å²) in [5.41, 5.74) is 1.97. The van der Waals surface area contributed by atoms with E-state index in [2.05, 4.69) is 15.3 Å². The van der Waals surface area contributed by atoms with E-state index in [-0.39, 0.29) is 23.8 Å². The molecule has 1 unspecified atom stereocenters. The lowest BCUT2D eigenvalue weighted by atomic mass is 9.79. The van der Waals surface area contributed by atoms with Crippen LogP contribution in [0, 0.1) is 0 Å². The highest BCUT2D eigenvalue weighted by molar-refractivity contribution is 6.62. The quantitative estimate of drug-likeness (QED) is 0.759. The van der Waals surface area contributed by atoms with Gasteiger partial charge in [0, 0.05) is 0 Å². The van der Waals surface area contributed by atoms with Crippen LogP contribution in [0.5, 0.6) is 0 Å². The molecule has 146 valence electrons. The van der Waals surface area contributed by atoms with Gasteiger partial charge in [-0.3, -0.25) is 0 Å². The van der Waals surface area contributed by atoms with Crippen LogP contribution in [-0.4, -0.2) is 41.3 Å². The van der Waals surface area contributed by atoms with E-state index in [1.807, 2.05) is 52.0 Å². The number of rotatable bonds is 6. The molecule has 0 aliphatic carbocycles. The van der Waals surface area contributed by atoms with Crippen LogP contribution in [0.15, 0.2) is 30.5 Å². The molecule has 1 aliphatic heterocycles. The van der Waals surface area contributed by atoms with Crippen LogP contribution in [0.1, 0.15) is 46.5 Å². The highest BCUT2D eigenvalue weighted by atomic mass is 19.3. The molecular formula is C19H26BF2N3O2. The molecule has 1 fully saturated rings. The molecule has 1 aromatic heterocycles. The van der Waals surface area contributed by atoms with Gasteiger partial charge in [-0.15, -0.1) is 0 Å². The first-order valence-electron chi connectivity index (χ1n) is 9.11. The predicted octanol–water partition coefficient (Wildman–Crippen LogP) is 3.29. The molecule has 0 saturated carbocycles. The van der Waals surface area contributed by atoms with E-state index in [9.17, 15) is 8.78 Å². The highest BCUT2D eigenvalue weighted by Crippen LogP contribution is 2.36. The summed E-state index contributed by atoms with van der Waals surface area (Å²) >= 11 is 0. The third-order valence-electron chi connectivity index (χ3n) is 5.33. The molecule has 1 aromatic carbocycles. The van der Waals surface area contributed by atoms with Crippen LogP contribution in [0.25, 0.3) is 11.3 Å². The Morgan fingerprint density at radius 2 is 1.70 bits per heavy atom. The fourth-order valence-electron chi connectivity index (χ4n) is 2.86. The third-order valence-corrected chi connectivity index (χ3v) is 5.33. The fourth-order valence-corrected chi connectivity index (χ4v) is 2.86. The van der Waals surface area contributed by atoms with Gasteiger partial charge >= 0.3 is 7.12 Å². The Kier molecular flexibility index (Phi) is 5.43. The van der Waals surface area contributed by atoms with Gasteiger partial charge in [-0.05, 0) is 45.6 Å². The van der Waals surface area contributed by atoms with Crippen LogP contribution >= 0.6 is 0 Å². The van der Waals surface area contributed by atoms with Crippen molar-refractivity contribution in [2.45, 2.75) is 58.3 Å². The van der Waals surface area contributed by atoms with Gasteiger partial charge in [0.15, 0.2) is 0 Å². The molecular weight excluding hydrogens is 351 g/mol. The van der Waals surface area contributed by atoms with Crippen molar-refractivity contribution in [2.75, 3.05) is 6.54 Å². The molecule has 0 radical (unpaired) electrons. The number of aromatic amines is 1. The van der Waals surface area contributed by atoms with Crippen molar-refractivity contribution in [1.29, 1.82) is 0 Å². The van der Waals surface area contributed by atoms with Crippen LogP contribution in [0.3, 0.4) is 0 Å². The average molecular weight is 377 g/mol. The van der Waals surface area contributed by atoms with Crippen molar-refractivity contribution in [3.8, 4) is 11.3 Å². The number of aromatic nitrogens is 2. The molecule has 0 amide bonds. The van der Waals surface area contributed by atoms with E-state index >= 15 is 0 Å². The molecule has 2 aromatic rings. The minimum atomic E-state index is -2.38. The largest absolute Gasteiger partial charge is 0.494 e. The molecule has 8 heteroatoms. The molecule has 1 aliphatic rings. The summed E-state index contributed by atoms with van der Waals surface area (Å²) in [7, 11) is -0.403. The Hall–Kier alpha value is -1.77. The number of nitrogens with zero attached hydrogens (tertiary/aromatic N) is 1. The molecule has 3 rings (SSSR count). The minimum Gasteiger partial charge on any atom is -0.399 e. The van der Waals surface area contributed by atoms with Gasteiger partial charge in [-0.2, -0.15) is 0 Å². The van der Waals surface area contributed by atoms with Gasteiger partial charge in [0.1, 0.15) is 5.82 Å². The second-order valence-electron chi connectivity index (χ2n) is 7.91. The normalized spacial score (nSPS) is 19.6. The lowest BCUT2D eigenvalue weighted by Crippen LogP contribution is -2.41. The van der Waals surface area contributed by atoms with Gasteiger partial charge in [0.05, 0.1) is 35.7 Å². The van der Waals surface area contributed by atoms with E-state index in [1.165, 1.54) is 0 Å². The number of imidazole rings is 1. The standard InChI is InChI=1S/C19H26BF2N3O2/c1-12(23-11-16(21)22)17-24-10-15(25-17)13-6-8-14(9-7-13)20-26-18(2,3)19(4,5)27-20/h6-10,12,16,23H,11H2,1-5H3,(H,24,25). The number of nitrogens with one attached hydrogen (secondary N) is 2. The van der Waals surface area contributed by atoms with Crippen molar-refractivity contribution in [2.24, 2.45) is 0 Å². The Labute approximate surface area is 159 Å². The van der Waals surface area contributed by atoms with Crippen LogP contribution in [-0.2, 0) is 9.31 Å². The molecule has 0 bridgehead atoms. The van der Waals surface area contributed by atoms with Gasteiger partial charge in [-0.1, -0.05) is 24.3 Å². The van der Waals surface area contributed by atoms with Crippen molar-refractivity contribution < 1.29 is 18.1 Å². The predicted molar refractivity (Wildman–Crippen MR) is 102 cm³/mol. The summed E-state index contributed by atoms with van der Waals surface area (Å²) in [6.07, 6.45) is -0.677. The van der Waals surface area contributed by atoms with E-state index in [4.69, 9.17) is 9.31 Å². The maximum atomic E-state index is 12.3. The zero-order valence-corrected chi connectivity index (χ0v) is 16.3. The number of H-pyrrole nitrogens is 1. The van der Waals surface area contributed by atoms with Crippen LogP contribution in [0.4, 0.5) is 8.78 Å². The number of hydrogen-bond acceptors (Lipinski definition) is 4. The van der Waals surface area contributed by atoms with Crippen molar-refractivity contribution in [3.05, 3.63) is 36.3 Å². The number of hydrogen-bond donors (Lipinski definition) is 2. The van der Waals surface area contributed by atoms with Crippen molar-refractivity contribution in [3.63, 3.8) is 0 Å². The third kappa shape index (κ3) is 4.23. The zero-order valence-electron chi connectivity index (χ0n) is 16.3. The molecule has 1 atom stereocenters. The van der Waals surface area contributed by atoms with Crippen molar-refractivity contribution in [1.82, 2.24) is 15.3 Å². The first-order valence-corrected chi connectivity index (χ1v) is 9.11. The Balaban J connectivity index is 1.70. The van der Waals surface area contributed by atoms with E-state index in [0.29, 0.717) is 5.82 Å². The Morgan fingerprint density at radius 3 is 2.26 bits per heavy atom. The maximum absolute atomic E-state index is 12.3. The second-order valence-corrected chi connectivity index (χ2v) is 7.91. The zero-order chi connectivity index (χ0) is 19.8. The Morgan fingerprint density at radius 1 is 1.11 bits per heavy atom. The van der Waals surface area contributed by atoms with Gasteiger partial charge in [0.2, 0.25) is 0 Å². The molecule has 27 heavy (non-hydrogen) atoms. The van der Waals surface area contributed by atoms with E-state index in [1.54, 1.807) is 13.1 Å². The first-order chi connectivity index (χ1) is 12.6. The smallest absolute Gasteiger partial charge is 0.399 e.